The molecule has 22 heavy (non-hydrogen) atoms. The molecule has 0 spiro atoms. The number of amides is 2. The van der Waals surface area contributed by atoms with E-state index in [0.29, 0.717) is 0 Å². The molecule has 1 N–H and O–H groups in total. The van der Waals surface area contributed by atoms with Crippen molar-refractivity contribution in [2.45, 2.75) is 6.54 Å². The van der Waals surface area contributed by atoms with Crippen LogP contribution in [0.15, 0.2) is 41.0 Å². The fraction of sp³-hybridized carbons (Fsp3) is 0.200. The van der Waals surface area contributed by atoms with E-state index in [0.717, 1.165) is 0 Å². The van der Waals surface area contributed by atoms with E-state index in [1.54, 1.807) is 12.1 Å². The van der Waals surface area contributed by atoms with Crippen LogP contribution in [0.4, 0.5) is 4.39 Å². The molecule has 2 aromatic rings. The Kier molecular flexibility index (Phi) is 5.16. The molecule has 116 valence electrons. The SMILES string of the molecule is CN(Cc1c(F)cccc1Cl)C(=O)CNC(=O)c1ccco1. The van der Waals surface area contributed by atoms with Crippen LogP contribution in [-0.2, 0) is 11.3 Å². The van der Waals surface area contributed by atoms with Crippen molar-refractivity contribution in [3.05, 3.63) is 58.8 Å². The Morgan fingerprint density at radius 1 is 1.32 bits per heavy atom. The van der Waals surface area contributed by atoms with Crippen molar-refractivity contribution in [1.29, 1.82) is 0 Å². The van der Waals surface area contributed by atoms with Crippen LogP contribution in [0.1, 0.15) is 16.1 Å². The van der Waals surface area contributed by atoms with Gasteiger partial charge in [0.05, 0.1) is 12.8 Å². The summed E-state index contributed by atoms with van der Waals surface area (Å²) in [6.07, 6.45) is 1.36. The van der Waals surface area contributed by atoms with Crippen LogP contribution in [0.5, 0.6) is 0 Å². The highest BCUT2D eigenvalue weighted by atomic mass is 35.5. The van der Waals surface area contributed by atoms with Gasteiger partial charge in [-0.05, 0) is 24.3 Å². The summed E-state index contributed by atoms with van der Waals surface area (Å²) in [4.78, 5) is 24.9. The Bertz CT molecular complexity index is 653. The second-order valence-corrected chi connectivity index (χ2v) is 5.02. The van der Waals surface area contributed by atoms with Gasteiger partial charge in [-0.3, -0.25) is 9.59 Å². The first kappa shape index (κ1) is 16.0. The van der Waals surface area contributed by atoms with E-state index in [1.807, 2.05) is 0 Å². The highest BCUT2D eigenvalue weighted by molar-refractivity contribution is 6.31. The van der Waals surface area contributed by atoms with Crippen LogP contribution in [0.25, 0.3) is 0 Å². The lowest BCUT2D eigenvalue weighted by Gasteiger charge is -2.18. The van der Waals surface area contributed by atoms with E-state index in [1.165, 1.54) is 36.4 Å². The minimum absolute atomic E-state index is 0.0148. The second-order valence-electron chi connectivity index (χ2n) is 4.61. The number of carbonyl (C=O) groups excluding carboxylic acids is 2. The summed E-state index contributed by atoms with van der Waals surface area (Å²) in [5.74, 6) is -1.23. The fourth-order valence-corrected chi connectivity index (χ4v) is 2.02. The first-order valence-electron chi connectivity index (χ1n) is 6.47. The third-order valence-electron chi connectivity index (χ3n) is 3.03. The highest BCUT2D eigenvalue weighted by Crippen LogP contribution is 2.20. The predicted molar refractivity (Wildman–Crippen MR) is 78.9 cm³/mol. The quantitative estimate of drug-likeness (QED) is 0.919. The van der Waals surface area contributed by atoms with Crippen molar-refractivity contribution in [3.8, 4) is 0 Å². The summed E-state index contributed by atoms with van der Waals surface area (Å²) in [5.41, 5.74) is 0.234. The third-order valence-corrected chi connectivity index (χ3v) is 3.38. The van der Waals surface area contributed by atoms with E-state index in [4.69, 9.17) is 16.0 Å². The Hall–Kier alpha value is -2.34. The molecular formula is C15H14ClFN2O3. The standard InChI is InChI=1S/C15H14ClFN2O3/c1-19(9-10-11(16)4-2-5-12(10)17)14(20)8-18-15(21)13-6-3-7-22-13/h2-7H,8-9H2,1H3,(H,18,21). The van der Waals surface area contributed by atoms with Gasteiger partial charge in [-0.25, -0.2) is 4.39 Å². The number of nitrogens with zero attached hydrogens (tertiary/aromatic N) is 1. The van der Waals surface area contributed by atoms with Gasteiger partial charge in [-0.15, -0.1) is 0 Å². The Morgan fingerprint density at radius 3 is 2.73 bits per heavy atom. The lowest BCUT2D eigenvalue weighted by molar-refractivity contribution is -0.129. The first-order valence-corrected chi connectivity index (χ1v) is 6.85. The van der Waals surface area contributed by atoms with E-state index < -0.39 is 11.7 Å². The van der Waals surface area contributed by atoms with Crippen LogP contribution < -0.4 is 5.32 Å². The number of hydrogen-bond donors (Lipinski definition) is 1. The average molecular weight is 325 g/mol. The van der Waals surface area contributed by atoms with Gasteiger partial charge in [0, 0.05) is 24.2 Å². The lowest BCUT2D eigenvalue weighted by atomic mass is 10.2. The molecule has 0 radical (unpaired) electrons. The predicted octanol–water partition coefficient (Wildman–Crippen LogP) is 2.46. The fourth-order valence-electron chi connectivity index (χ4n) is 1.79. The molecule has 0 saturated heterocycles. The van der Waals surface area contributed by atoms with Crippen LogP contribution >= 0.6 is 11.6 Å². The summed E-state index contributed by atoms with van der Waals surface area (Å²) >= 11 is 5.91. The summed E-state index contributed by atoms with van der Waals surface area (Å²) in [6, 6.07) is 7.38. The molecule has 1 aromatic heterocycles. The van der Waals surface area contributed by atoms with Gasteiger partial charge in [-0.2, -0.15) is 0 Å². The molecule has 0 fully saturated rings. The number of halogens is 2. The number of furan rings is 1. The summed E-state index contributed by atoms with van der Waals surface area (Å²) < 4.78 is 18.6. The lowest BCUT2D eigenvalue weighted by Crippen LogP contribution is -2.37. The first-order chi connectivity index (χ1) is 10.5. The Balaban J connectivity index is 1.91. The Morgan fingerprint density at radius 2 is 2.09 bits per heavy atom. The number of rotatable bonds is 5. The number of hydrogen-bond acceptors (Lipinski definition) is 3. The maximum absolute atomic E-state index is 13.7. The highest BCUT2D eigenvalue weighted by Gasteiger charge is 2.16. The van der Waals surface area contributed by atoms with Crippen LogP contribution in [0.2, 0.25) is 5.02 Å². The molecule has 1 aromatic carbocycles. The molecule has 0 atom stereocenters. The minimum atomic E-state index is -0.490. The van der Waals surface area contributed by atoms with Gasteiger partial charge in [0.2, 0.25) is 5.91 Å². The van der Waals surface area contributed by atoms with Crippen LogP contribution in [0.3, 0.4) is 0 Å². The summed E-state index contributed by atoms with van der Waals surface area (Å²) in [5, 5.41) is 2.68. The molecule has 2 amide bonds. The van der Waals surface area contributed by atoms with E-state index in [9.17, 15) is 14.0 Å². The van der Waals surface area contributed by atoms with Crippen LogP contribution in [0, 0.1) is 5.82 Å². The average Bonchev–Trinajstić information content (AvgIpc) is 3.02. The largest absolute Gasteiger partial charge is 0.459 e. The molecule has 5 nitrogen and oxygen atoms in total. The molecule has 1 heterocycles. The van der Waals surface area contributed by atoms with Crippen molar-refractivity contribution >= 4 is 23.4 Å². The maximum atomic E-state index is 13.7. The zero-order valence-corrected chi connectivity index (χ0v) is 12.6. The van der Waals surface area contributed by atoms with E-state index in [-0.39, 0.29) is 35.3 Å². The minimum Gasteiger partial charge on any atom is -0.459 e. The van der Waals surface area contributed by atoms with Gasteiger partial charge >= 0.3 is 0 Å². The van der Waals surface area contributed by atoms with Crippen molar-refractivity contribution in [3.63, 3.8) is 0 Å². The Labute approximate surface area is 131 Å². The van der Waals surface area contributed by atoms with Gasteiger partial charge in [-0.1, -0.05) is 17.7 Å². The van der Waals surface area contributed by atoms with Gasteiger partial charge < -0.3 is 14.6 Å². The second kappa shape index (κ2) is 7.09. The van der Waals surface area contributed by atoms with Crippen molar-refractivity contribution in [2.24, 2.45) is 0 Å². The molecule has 0 saturated carbocycles. The molecule has 0 bridgehead atoms. The van der Waals surface area contributed by atoms with Gasteiger partial charge in [0.15, 0.2) is 5.76 Å². The van der Waals surface area contributed by atoms with Crippen molar-refractivity contribution < 1.29 is 18.4 Å². The monoisotopic (exact) mass is 324 g/mol. The maximum Gasteiger partial charge on any atom is 0.287 e. The van der Waals surface area contributed by atoms with Crippen molar-refractivity contribution in [2.75, 3.05) is 13.6 Å². The topological polar surface area (TPSA) is 62.6 Å². The summed E-state index contributed by atoms with van der Waals surface area (Å²) in [7, 11) is 1.50. The number of benzene rings is 1. The van der Waals surface area contributed by atoms with Crippen molar-refractivity contribution in [1.82, 2.24) is 10.2 Å². The molecule has 0 aliphatic rings. The molecule has 2 rings (SSSR count). The molecule has 7 heteroatoms. The zero-order valence-electron chi connectivity index (χ0n) is 11.8. The van der Waals surface area contributed by atoms with Gasteiger partial charge in [0.1, 0.15) is 5.82 Å². The number of likely N-dealkylation sites (N-methyl/N-ethyl adjacent to an activating group) is 1. The molecule has 0 unspecified atom stereocenters. The normalized spacial score (nSPS) is 10.3. The van der Waals surface area contributed by atoms with Gasteiger partial charge in [0.25, 0.3) is 5.91 Å². The summed E-state index contributed by atoms with van der Waals surface area (Å²) in [6.45, 7) is -0.205. The van der Waals surface area contributed by atoms with E-state index >= 15 is 0 Å². The molecule has 0 aliphatic carbocycles. The number of carbonyl (C=O) groups is 2. The van der Waals surface area contributed by atoms with Crippen LogP contribution in [-0.4, -0.2) is 30.3 Å². The van der Waals surface area contributed by atoms with E-state index in [2.05, 4.69) is 5.32 Å². The molecular weight excluding hydrogens is 311 g/mol. The number of nitrogens with one attached hydrogen (secondary N) is 1. The third kappa shape index (κ3) is 3.85. The molecule has 0 aliphatic heterocycles. The zero-order chi connectivity index (χ0) is 16.1. The smallest absolute Gasteiger partial charge is 0.287 e.